The number of carboxylic acids is 1. The van der Waals surface area contributed by atoms with E-state index in [4.69, 9.17) is 9.52 Å². The highest BCUT2D eigenvalue weighted by Crippen LogP contribution is 2.29. The second kappa shape index (κ2) is 4.92. The molecular formula is C13H19NO3. The van der Waals surface area contributed by atoms with Gasteiger partial charge in [-0.3, -0.25) is 4.90 Å². The number of nitrogens with zero attached hydrogens (tertiary/aromatic N) is 1. The first-order valence-electron chi connectivity index (χ1n) is 6.11. The van der Waals surface area contributed by atoms with Crippen molar-refractivity contribution in [1.29, 1.82) is 0 Å². The third kappa shape index (κ3) is 3.09. The maximum Gasteiger partial charge on any atom is 0.339 e. The zero-order chi connectivity index (χ0) is 12.4. The Balaban J connectivity index is 2.06. The molecule has 0 spiro atoms. The fourth-order valence-electron chi connectivity index (χ4n) is 2.09. The van der Waals surface area contributed by atoms with E-state index in [0.29, 0.717) is 29.8 Å². The van der Waals surface area contributed by atoms with Crippen LogP contribution in [-0.4, -0.2) is 28.6 Å². The molecule has 0 aromatic carbocycles. The van der Waals surface area contributed by atoms with Gasteiger partial charge < -0.3 is 9.52 Å². The molecule has 17 heavy (non-hydrogen) atoms. The summed E-state index contributed by atoms with van der Waals surface area (Å²) in [7, 11) is 0. The molecule has 1 aliphatic carbocycles. The number of carboxylic acid groups (broad SMARTS) is 1. The average molecular weight is 237 g/mol. The molecule has 1 aromatic rings. The lowest BCUT2D eigenvalue weighted by molar-refractivity contribution is 0.0692. The fraction of sp³-hybridized carbons (Fsp3) is 0.615. The van der Waals surface area contributed by atoms with Gasteiger partial charge in [0, 0.05) is 12.6 Å². The molecule has 94 valence electrons. The molecule has 0 radical (unpaired) electrons. The standard InChI is InChI=1S/C13H19NO3/c1-9(2)7-14(10-3-4-10)8-12-11(13(15)16)5-6-17-12/h5-6,9-10H,3-4,7-8H2,1-2H3,(H,15,16). The zero-order valence-corrected chi connectivity index (χ0v) is 10.3. The Kier molecular flexibility index (Phi) is 3.52. The molecule has 0 amide bonds. The van der Waals surface area contributed by atoms with Gasteiger partial charge in [-0.2, -0.15) is 0 Å². The molecule has 4 nitrogen and oxygen atoms in total. The predicted octanol–water partition coefficient (Wildman–Crippen LogP) is 2.60. The van der Waals surface area contributed by atoms with Crippen molar-refractivity contribution in [3.8, 4) is 0 Å². The topological polar surface area (TPSA) is 53.7 Å². The highest BCUT2D eigenvalue weighted by Gasteiger charge is 2.30. The molecule has 0 bridgehead atoms. The summed E-state index contributed by atoms with van der Waals surface area (Å²) in [6.45, 7) is 5.95. The Bertz CT molecular complexity index is 393. The van der Waals surface area contributed by atoms with Crippen LogP contribution in [0.15, 0.2) is 16.7 Å². The summed E-state index contributed by atoms with van der Waals surface area (Å²) in [6.07, 6.45) is 3.89. The average Bonchev–Trinajstić information content (AvgIpc) is 2.97. The van der Waals surface area contributed by atoms with Crippen LogP contribution in [0, 0.1) is 5.92 Å². The number of carbonyl (C=O) groups is 1. The summed E-state index contributed by atoms with van der Waals surface area (Å²) >= 11 is 0. The minimum Gasteiger partial charge on any atom is -0.478 e. The van der Waals surface area contributed by atoms with E-state index in [-0.39, 0.29) is 0 Å². The van der Waals surface area contributed by atoms with Crippen LogP contribution in [0.25, 0.3) is 0 Å². The minimum atomic E-state index is -0.908. The molecule has 4 heteroatoms. The smallest absolute Gasteiger partial charge is 0.339 e. The van der Waals surface area contributed by atoms with Gasteiger partial charge in [-0.15, -0.1) is 0 Å². The first-order valence-corrected chi connectivity index (χ1v) is 6.11. The molecular weight excluding hydrogens is 218 g/mol. The Labute approximate surface area is 101 Å². The van der Waals surface area contributed by atoms with Crippen LogP contribution >= 0.6 is 0 Å². The molecule has 1 N–H and O–H groups in total. The minimum absolute atomic E-state index is 0.291. The molecule has 0 atom stereocenters. The lowest BCUT2D eigenvalue weighted by atomic mass is 10.2. The third-order valence-electron chi connectivity index (χ3n) is 2.99. The molecule has 0 unspecified atom stereocenters. The largest absolute Gasteiger partial charge is 0.478 e. The number of hydrogen-bond acceptors (Lipinski definition) is 3. The third-order valence-corrected chi connectivity index (χ3v) is 2.99. The second-order valence-electron chi connectivity index (χ2n) is 5.12. The van der Waals surface area contributed by atoms with E-state index < -0.39 is 5.97 Å². The Morgan fingerprint density at radius 3 is 2.82 bits per heavy atom. The lowest BCUT2D eigenvalue weighted by Gasteiger charge is -2.23. The van der Waals surface area contributed by atoms with E-state index in [2.05, 4.69) is 18.7 Å². The van der Waals surface area contributed by atoms with Gasteiger partial charge in [-0.25, -0.2) is 4.79 Å². The van der Waals surface area contributed by atoms with Gasteiger partial charge in [-0.05, 0) is 24.8 Å². The zero-order valence-electron chi connectivity index (χ0n) is 10.3. The van der Waals surface area contributed by atoms with Crippen LogP contribution in [0.5, 0.6) is 0 Å². The molecule has 0 aliphatic heterocycles. The predicted molar refractivity (Wildman–Crippen MR) is 63.9 cm³/mol. The molecule has 2 rings (SSSR count). The van der Waals surface area contributed by atoms with Gasteiger partial charge >= 0.3 is 5.97 Å². The van der Waals surface area contributed by atoms with Crippen molar-refractivity contribution < 1.29 is 14.3 Å². The number of hydrogen-bond donors (Lipinski definition) is 1. The maximum absolute atomic E-state index is 11.0. The summed E-state index contributed by atoms with van der Waals surface area (Å²) in [5.74, 6) is 0.248. The quantitative estimate of drug-likeness (QED) is 0.826. The van der Waals surface area contributed by atoms with E-state index in [1.165, 1.54) is 25.2 Å². The molecule has 1 saturated carbocycles. The highest BCUT2D eigenvalue weighted by atomic mass is 16.4. The van der Waals surface area contributed by atoms with E-state index in [1.54, 1.807) is 0 Å². The van der Waals surface area contributed by atoms with Gasteiger partial charge in [0.15, 0.2) is 0 Å². The summed E-state index contributed by atoms with van der Waals surface area (Å²) in [6, 6.07) is 2.14. The number of rotatable bonds is 6. The van der Waals surface area contributed by atoms with Gasteiger partial charge in [0.05, 0.1) is 12.8 Å². The highest BCUT2D eigenvalue weighted by molar-refractivity contribution is 5.88. The second-order valence-corrected chi connectivity index (χ2v) is 5.12. The van der Waals surface area contributed by atoms with Crippen molar-refractivity contribution in [2.24, 2.45) is 5.92 Å². The molecule has 1 fully saturated rings. The van der Waals surface area contributed by atoms with Crippen LogP contribution in [0.2, 0.25) is 0 Å². The SMILES string of the molecule is CC(C)CN(Cc1occc1C(=O)O)C1CC1. The molecule has 1 aliphatic rings. The van der Waals surface area contributed by atoms with Gasteiger partial charge in [0.1, 0.15) is 11.3 Å². The lowest BCUT2D eigenvalue weighted by Crippen LogP contribution is -2.29. The van der Waals surface area contributed by atoms with Gasteiger partial charge in [-0.1, -0.05) is 13.8 Å². The molecule has 1 heterocycles. The van der Waals surface area contributed by atoms with Crippen molar-refractivity contribution in [2.75, 3.05) is 6.54 Å². The van der Waals surface area contributed by atoms with Gasteiger partial charge in [0.2, 0.25) is 0 Å². The first kappa shape index (κ1) is 12.2. The molecule has 0 saturated heterocycles. The van der Waals surface area contributed by atoms with Crippen molar-refractivity contribution in [1.82, 2.24) is 4.90 Å². The van der Waals surface area contributed by atoms with E-state index >= 15 is 0 Å². The van der Waals surface area contributed by atoms with Crippen molar-refractivity contribution in [3.05, 3.63) is 23.7 Å². The Hall–Kier alpha value is -1.29. The van der Waals surface area contributed by atoms with Crippen LogP contribution in [0.4, 0.5) is 0 Å². The fourth-order valence-corrected chi connectivity index (χ4v) is 2.09. The monoisotopic (exact) mass is 237 g/mol. The molecule has 1 aromatic heterocycles. The van der Waals surface area contributed by atoms with Crippen LogP contribution in [-0.2, 0) is 6.54 Å². The number of furan rings is 1. The summed E-state index contributed by atoms with van der Waals surface area (Å²) in [5.41, 5.74) is 0.291. The number of aromatic carboxylic acids is 1. The first-order chi connectivity index (χ1) is 8.08. The maximum atomic E-state index is 11.0. The van der Waals surface area contributed by atoms with E-state index in [9.17, 15) is 4.79 Å². The van der Waals surface area contributed by atoms with Crippen LogP contribution in [0.1, 0.15) is 42.8 Å². The summed E-state index contributed by atoms with van der Waals surface area (Å²) in [4.78, 5) is 13.3. The Morgan fingerprint density at radius 2 is 2.29 bits per heavy atom. The van der Waals surface area contributed by atoms with E-state index in [0.717, 1.165) is 6.54 Å². The summed E-state index contributed by atoms with van der Waals surface area (Å²) in [5, 5.41) is 9.03. The van der Waals surface area contributed by atoms with Crippen molar-refractivity contribution in [3.63, 3.8) is 0 Å². The van der Waals surface area contributed by atoms with E-state index in [1.807, 2.05) is 0 Å². The van der Waals surface area contributed by atoms with Crippen molar-refractivity contribution >= 4 is 5.97 Å². The summed E-state index contributed by atoms with van der Waals surface area (Å²) < 4.78 is 5.29. The normalized spacial score (nSPS) is 15.8. The van der Waals surface area contributed by atoms with Crippen LogP contribution in [0.3, 0.4) is 0 Å². The van der Waals surface area contributed by atoms with Crippen LogP contribution < -0.4 is 0 Å². The van der Waals surface area contributed by atoms with Gasteiger partial charge in [0.25, 0.3) is 0 Å². The Morgan fingerprint density at radius 1 is 1.59 bits per heavy atom. The van der Waals surface area contributed by atoms with Crippen molar-refractivity contribution in [2.45, 2.75) is 39.3 Å².